The monoisotopic (exact) mass is 454 g/mol. The number of ether oxygens (including phenoxy) is 4. The SMILES string of the molecule is O=c1ccn(-c2ccc3c(c2)OC(F)(F)O3)nc1C1CC=NN1c1ccc2c(c1)OCCO2. The maximum absolute atomic E-state index is 13.4. The van der Waals surface area contributed by atoms with Crippen LogP contribution in [0.25, 0.3) is 5.69 Å². The molecule has 3 aliphatic rings. The fraction of sp³-hybridized carbons (Fsp3) is 0.227. The average molecular weight is 454 g/mol. The van der Waals surface area contributed by atoms with Crippen LogP contribution in [0.1, 0.15) is 18.2 Å². The molecule has 6 rings (SSSR count). The Morgan fingerprint density at radius 3 is 2.52 bits per heavy atom. The van der Waals surface area contributed by atoms with Crippen LogP contribution in [-0.4, -0.2) is 35.5 Å². The number of fused-ring (bicyclic) bond motifs is 2. The zero-order valence-corrected chi connectivity index (χ0v) is 17.0. The van der Waals surface area contributed by atoms with Gasteiger partial charge < -0.3 is 18.9 Å². The van der Waals surface area contributed by atoms with Crippen LogP contribution in [0.3, 0.4) is 0 Å². The number of halogens is 2. The van der Waals surface area contributed by atoms with Gasteiger partial charge in [0.2, 0.25) is 5.43 Å². The number of anilines is 1. The molecule has 0 radical (unpaired) electrons. The highest BCUT2D eigenvalue weighted by Crippen LogP contribution is 2.42. The van der Waals surface area contributed by atoms with E-state index in [1.807, 2.05) is 12.1 Å². The van der Waals surface area contributed by atoms with Crippen molar-refractivity contribution < 1.29 is 27.7 Å². The Hall–Kier alpha value is -4.15. The van der Waals surface area contributed by atoms with E-state index in [4.69, 9.17) is 9.47 Å². The molecule has 11 heteroatoms. The van der Waals surface area contributed by atoms with Gasteiger partial charge in [0.15, 0.2) is 23.0 Å². The highest BCUT2D eigenvalue weighted by atomic mass is 19.3. The van der Waals surface area contributed by atoms with Crippen molar-refractivity contribution in [1.29, 1.82) is 0 Å². The Kier molecular flexibility index (Phi) is 4.25. The molecule has 0 saturated carbocycles. The van der Waals surface area contributed by atoms with Gasteiger partial charge in [0.05, 0.1) is 11.4 Å². The number of hydrogen-bond acceptors (Lipinski definition) is 8. The molecule has 0 spiro atoms. The van der Waals surface area contributed by atoms with Gasteiger partial charge in [-0.25, -0.2) is 4.68 Å². The summed E-state index contributed by atoms with van der Waals surface area (Å²) in [4.78, 5) is 12.7. The Morgan fingerprint density at radius 1 is 0.909 bits per heavy atom. The van der Waals surface area contributed by atoms with E-state index < -0.39 is 12.3 Å². The van der Waals surface area contributed by atoms with Crippen molar-refractivity contribution in [3.63, 3.8) is 0 Å². The van der Waals surface area contributed by atoms with Gasteiger partial charge in [-0.05, 0) is 24.3 Å². The van der Waals surface area contributed by atoms with Crippen molar-refractivity contribution >= 4 is 11.9 Å². The summed E-state index contributed by atoms with van der Waals surface area (Å²) in [6.07, 6.45) is -0.0726. The molecule has 1 atom stereocenters. The second kappa shape index (κ2) is 7.19. The summed E-state index contributed by atoms with van der Waals surface area (Å²) in [6, 6.07) is 10.7. The van der Waals surface area contributed by atoms with Gasteiger partial charge in [0, 0.05) is 37.0 Å². The van der Waals surface area contributed by atoms with Crippen molar-refractivity contribution in [1.82, 2.24) is 9.78 Å². The molecule has 0 saturated heterocycles. The fourth-order valence-electron chi connectivity index (χ4n) is 3.94. The Bertz CT molecular complexity index is 1340. The summed E-state index contributed by atoms with van der Waals surface area (Å²) < 4.78 is 48.3. The molecule has 4 heterocycles. The predicted octanol–water partition coefficient (Wildman–Crippen LogP) is 3.26. The molecule has 2 aromatic carbocycles. The molecular formula is C22H16F2N4O5. The molecule has 33 heavy (non-hydrogen) atoms. The molecule has 1 aromatic heterocycles. The number of rotatable bonds is 3. The first kappa shape index (κ1) is 19.5. The molecule has 168 valence electrons. The molecule has 1 unspecified atom stereocenters. The largest absolute Gasteiger partial charge is 0.586 e. The van der Waals surface area contributed by atoms with Crippen molar-refractivity contribution in [3.8, 4) is 28.7 Å². The van der Waals surface area contributed by atoms with Crippen molar-refractivity contribution in [2.24, 2.45) is 5.10 Å². The standard InChI is InChI=1S/C22H16F2N4O5/c23-22(24)32-18-4-1-13(11-20(18)33-22)27-8-6-16(29)21(26-27)15-5-7-25-28(15)14-2-3-17-19(12-14)31-10-9-30-17/h1-4,6-8,11-12,15H,5,9-10H2. The number of aromatic nitrogens is 2. The van der Waals surface area contributed by atoms with Gasteiger partial charge in [-0.15, -0.1) is 8.78 Å². The lowest BCUT2D eigenvalue weighted by Crippen LogP contribution is -2.27. The van der Waals surface area contributed by atoms with Gasteiger partial charge in [0.25, 0.3) is 0 Å². The van der Waals surface area contributed by atoms with E-state index >= 15 is 0 Å². The van der Waals surface area contributed by atoms with E-state index in [2.05, 4.69) is 19.7 Å². The highest BCUT2D eigenvalue weighted by molar-refractivity contribution is 5.69. The van der Waals surface area contributed by atoms with Gasteiger partial charge in [-0.1, -0.05) is 0 Å². The molecule has 0 N–H and O–H groups in total. The number of alkyl halides is 2. The number of hydrogen-bond donors (Lipinski definition) is 0. The van der Waals surface area contributed by atoms with E-state index in [1.54, 1.807) is 23.4 Å². The summed E-state index contributed by atoms with van der Waals surface area (Å²) in [6.45, 7) is 0.942. The smallest absolute Gasteiger partial charge is 0.486 e. The first-order chi connectivity index (χ1) is 16.0. The molecule has 0 bridgehead atoms. The molecular weight excluding hydrogens is 438 g/mol. The van der Waals surface area contributed by atoms with Crippen LogP contribution in [0.5, 0.6) is 23.0 Å². The molecule has 3 aliphatic heterocycles. The zero-order chi connectivity index (χ0) is 22.6. The Morgan fingerprint density at radius 2 is 1.64 bits per heavy atom. The summed E-state index contributed by atoms with van der Waals surface area (Å²) >= 11 is 0. The minimum Gasteiger partial charge on any atom is -0.486 e. The summed E-state index contributed by atoms with van der Waals surface area (Å²) in [5.74, 6) is 1.08. The fourth-order valence-corrected chi connectivity index (χ4v) is 3.94. The lowest BCUT2D eigenvalue weighted by molar-refractivity contribution is -0.286. The van der Waals surface area contributed by atoms with Gasteiger partial charge in [-0.3, -0.25) is 9.80 Å². The van der Waals surface area contributed by atoms with E-state index in [-0.39, 0.29) is 22.6 Å². The normalized spacial score (nSPS) is 19.7. The van der Waals surface area contributed by atoms with E-state index in [0.717, 1.165) is 5.69 Å². The zero-order valence-electron chi connectivity index (χ0n) is 17.0. The van der Waals surface area contributed by atoms with Crippen molar-refractivity contribution in [2.75, 3.05) is 18.2 Å². The number of benzene rings is 2. The average Bonchev–Trinajstić information content (AvgIpc) is 3.41. The van der Waals surface area contributed by atoms with Gasteiger partial charge in [0.1, 0.15) is 24.9 Å². The lowest BCUT2D eigenvalue weighted by atomic mass is 10.1. The number of hydrazone groups is 1. The number of nitrogens with zero attached hydrogens (tertiary/aromatic N) is 4. The summed E-state index contributed by atoms with van der Waals surface area (Å²) in [7, 11) is 0. The third kappa shape index (κ3) is 3.41. The second-order valence-electron chi connectivity index (χ2n) is 7.53. The van der Waals surface area contributed by atoms with Crippen LogP contribution in [0, 0.1) is 0 Å². The first-order valence-electron chi connectivity index (χ1n) is 10.2. The van der Waals surface area contributed by atoms with Crippen LogP contribution in [0.2, 0.25) is 0 Å². The third-order valence-electron chi connectivity index (χ3n) is 5.42. The van der Waals surface area contributed by atoms with Gasteiger partial charge >= 0.3 is 6.29 Å². The highest BCUT2D eigenvalue weighted by Gasteiger charge is 2.43. The van der Waals surface area contributed by atoms with Crippen LogP contribution >= 0.6 is 0 Å². The molecule has 0 fully saturated rings. The molecule has 3 aromatic rings. The maximum atomic E-state index is 13.4. The first-order valence-corrected chi connectivity index (χ1v) is 10.2. The van der Waals surface area contributed by atoms with E-state index in [9.17, 15) is 13.6 Å². The van der Waals surface area contributed by atoms with Crippen LogP contribution in [0.15, 0.2) is 58.6 Å². The van der Waals surface area contributed by atoms with Crippen molar-refractivity contribution in [2.45, 2.75) is 18.8 Å². The maximum Gasteiger partial charge on any atom is 0.586 e. The predicted molar refractivity (Wildman–Crippen MR) is 112 cm³/mol. The van der Waals surface area contributed by atoms with Crippen molar-refractivity contribution in [3.05, 3.63) is 64.6 Å². The summed E-state index contributed by atoms with van der Waals surface area (Å²) in [5.41, 5.74) is 1.14. The Labute approximate surface area is 185 Å². The lowest BCUT2D eigenvalue weighted by Gasteiger charge is -2.25. The van der Waals surface area contributed by atoms with Crippen LogP contribution in [0.4, 0.5) is 14.5 Å². The van der Waals surface area contributed by atoms with Gasteiger partial charge in [-0.2, -0.15) is 10.2 Å². The third-order valence-corrected chi connectivity index (χ3v) is 5.42. The van der Waals surface area contributed by atoms with E-state index in [0.29, 0.717) is 36.8 Å². The summed E-state index contributed by atoms with van der Waals surface area (Å²) in [5, 5.41) is 10.6. The minimum atomic E-state index is -3.71. The van der Waals surface area contributed by atoms with E-state index in [1.165, 1.54) is 29.1 Å². The Balaban J connectivity index is 1.34. The second-order valence-corrected chi connectivity index (χ2v) is 7.53. The topological polar surface area (TPSA) is 87.4 Å². The molecule has 0 aliphatic carbocycles. The minimum absolute atomic E-state index is 0.0704. The van der Waals surface area contributed by atoms with Crippen LogP contribution < -0.4 is 29.4 Å². The molecule has 9 nitrogen and oxygen atoms in total. The quantitative estimate of drug-likeness (QED) is 0.600. The van der Waals surface area contributed by atoms with Crippen LogP contribution in [-0.2, 0) is 0 Å². The molecule has 0 amide bonds.